The van der Waals surface area contributed by atoms with Gasteiger partial charge >= 0.3 is 6.18 Å². The summed E-state index contributed by atoms with van der Waals surface area (Å²) in [7, 11) is 1.47. The first kappa shape index (κ1) is 23.1. The van der Waals surface area contributed by atoms with Crippen molar-refractivity contribution < 1.29 is 32.2 Å². The van der Waals surface area contributed by atoms with Crippen LogP contribution in [0, 0.1) is 6.92 Å². The lowest BCUT2D eigenvalue weighted by Gasteiger charge is -2.16. The fourth-order valence-corrected chi connectivity index (χ4v) is 4.01. The van der Waals surface area contributed by atoms with Crippen LogP contribution in [-0.4, -0.2) is 40.7 Å². The van der Waals surface area contributed by atoms with E-state index in [9.17, 15) is 18.0 Å². The minimum atomic E-state index is -4.67. The number of thiazole rings is 1. The maximum Gasteiger partial charge on any atom is 0.435 e. The summed E-state index contributed by atoms with van der Waals surface area (Å²) in [5.74, 6) is 0.186. The van der Waals surface area contributed by atoms with Gasteiger partial charge in [-0.2, -0.15) is 18.3 Å². The van der Waals surface area contributed by atoms with Crippen molar-refractivity contribution in [3.63, 3.8) is 0 Å². The van der Waals surface area contributed by atoms with Crippen molar-refractivity contribution in [1.82, 2.24) is 14.8 Å². The van der Waals surface area contributed by atoms with E-state index in [1.165, 1.54) is 18.4 Å². The van der Waals surface area contributed by atoms with Crippen molar-refractivity contribution in [3.05, 3.63) is 41.0 Å². The van der Waals surface area contributed by atoms with Crippen LogP contribution in [0.4, 0.5) is 18.3 Å². The predicted octanol–water partition coefficient (Wildman–Crippen LogP) is 4.50. The molecule has 1 amide bonds. The molecule has 1 saturated heterocycles. The van der Waals surface area contributed by atoms with Gasteiger partial charge < -0.3 is 19.5 Å². The molecule has 3 aromatic rings. The molecule has 1 aliphatic heterocycles. The summed E-state index contributed by atoms with van der Waals surface area (Å²) in [6, 6.07) is 5.62. The zero-order valence-corrected chi connectivity index (χ0v) is 18.6. The molecule has 1 unspecified atom stereocenters. The molecule has 1 atom stereocenters. The van der Waals surface area contributed by atoms with Gasteiger partial charge in [0.05, 0.1) is 19.4 Å². The van der Waals surface area contributed by atoms with Gasteiger partial charge in [-0.15, -0.1) is 11.3 Å². The van der Waals surface area contributed by atoms with E-state index in [0.29, 0.717) is 35.2 Å². The fraction of sp³-hybridized carbons (Fsp3) is 0.381. The Morgan fingerprint density at radius 3 is 2.79 bits per heavy atom. The van der Waals surface area contributed by atoms with E-state index in [-0.39, 0.29) is 5.69 Å². The van der Waals surface area contributed by atoms with Crippen LogP contribution in [0.5, 0.6) is 11.5 Å². The molecule has 1 aliphatic rings. The number of rotatable bonds is 7. The van der Waals surface area contributed by atoms with Crippen molar-refractivity contribution in [1.29, 1.82) is 0 Å². The number of aryl methyl sites for hydroxylation is 1. The molecule has 1 aromatic carbocycles. The van der Waals surface area contributed by atoms with Crippen molar-refractivity contribution in [2.75, 3.05) is 19.0 Å². The standard InChI is InChI=1S/C21H21F3N4O4S/c1-12-10-25-20(33-12)26-18(29)11-28-14(9-17(27-28)21(22,23)24)13-5-6-15(30-2)16(8-13)32-19-4-3-7-31-19/h5-6,8-10,19H,3-4,7,11H2,1-2H3,(H,25,26,29). The first-order valence-corrected chi connectivity index (χ1v) is 10.9. The Labute approximate surface area is 191 Å². The number of methoxy groups -OCH3 is 1. The average molecular weight is 482 g/mol. The summed E-state index contributed by atoms with van der Waals surface area (Å²) >= 11 is 1.26. The van der Waals surface area contributed by atoms with E-state index in [0.717, 1.165) is 22.0 Å². The normalized spacial score (nSPS) is 16.1. The van der Waals surface area contributed by atoms with Gasteiger partial charge in [0, 0.05) is 23.1 Å². The lowest BCUT2D eigenvalue weighted by molar-refractivity contribution is -0.141. The minimum absolute atomic E-state index is 0.104. The molecule has 0 spiro atoms. The molecule has 176 valence electrons. The number of nitrogens with one attached hydrogen (secondary N) is 1. The van der Waals surface area contributed by atoms with Gasteiger partial charge in [0.15, 0.2) is 28.6 Å². The molecule has 8 nitrogen and oxygen atoms in total. The molecule has 0 radical (unpaired) electrons. The average Bonchev–Trinajstić information content (AvgIpc) is 3.49. The lowest BCUT2D eigenvalue weighted by atomic mass is 10.1. The number of alkyl halides is 3. The highest BCUT2D eigenvalue weighted by atomic mass is 32.1. The number of benzene rings is 1. The van der Waals surface area contributed by atoms with E-state index in [2.05, 4.69) is 15.4 Å². The first-order valence-electron chi connectivity index (χ1n) is 10.1. The smallest absolute Gasteiger partial charge is 0.435 e. The monoisotopic (exact) mass is 482 g/mol. The van der Waals surface area contributed by atoms with E-state index < -0.39 is 30.6 Å². The van der Waals surface area contributed by atoms with Gasteiger partial charge in [-0.05, 0) is 37.6 Å². The van der Waals surface area contributed by atoms with Crippen LogP contribution in [0.1, 0.15) is 23.4 Å². The number of nitrogens with zero attached hydrogens (tertiary/aromatic N) is 3. The van der Waals surface area contributed by atoms with E-state index in [1.54, 1.807) is 24.4 Å². The van der Waals surface area contributed by atoms with Gasteiger partial charge in [-0.3, -0.25) is 9.48 Å². The highest BCUT2D eigenvalue weighted by molar-refractivity contribution is 7.15. The molecule has 12 heteroatoms. The highest BCUT2D eigenvalue weighted by Crippen LogP contribution is 2.37. The number of amides is 1. The van der Waals surface area contributed by atoms with Crippen LogP contribution in [0.25, 0.3) is 11.3 Å². The molecule has 0 aliphatic carbocycles. The fourth-order valence-electron chi connectivity index (χ4n) is 3.33. The second-order valence-corrected chi connectivity index (χ2v) is 8.56. The van der Waals surface area contributed by atoms with Gasteiger partial charge in [-0.25, -0.2) is 4.98 Å². The second-order valence-electron chi connectivity index (χ2n) is 7.32. The van der Waals surface area contributed by atoms with Crippen molar-refractivity contribution in [2.24, 2.45) is 0 Å². The van der Waals surface area contributed by atoms with Crippen molar-refractivity contribution in [2.45, 2.75) is 38.8 Å². The van der Waals surface area contributed by atoms with Crippen LogP contribution < -0.4 is 14.8 Å². The van der Waals surface area contributed by atoms with Gasteiger partial charge in [0.1, 0.15) is 6.54 Å². The maximum absolute atomic E-state index is 13.4. The minimum Gasteiger partial charge on any atom is -0.493 e. The third-order valence-corrected chi connectivity index (χ3v) is 5.67. The topological polar surface area (TPSA) is 87.5 Å². The number of aromatic nitrogens is 3. The quantitative estimate of drug-likeness (QED) is 0.534. The molecule has 0 bridgehead atoms. The number of hydrogen-bond acceptors (Lipinski definition) is 7. The summed E-state index contributed by atoms with van der Waals surface area (Å²) < 4.78 is 57.9. The number of carbonyl (C=O) groups excluding carboxylic acids is 1. The largest absolute Gasteiger partial charge is 0.493 e. The number of hydrogen-bond donors (Lipinski definition) is 1. The van der Waals surface area contributed by atoms with Gasteiger partial charge in [0.2, 0.25) is 5.91 Å². The Kier molecular flexibility index (Phi) is 6.56. The summed E-state index contributed by atoms with van der Waals surface area (Å²) in [5, 5.41) is 6.58. The third kappa shape index (κ3) is 5.45. The Balaban J connectivity index is 1.65. The number of anilines is 1. The molecule has 0 saturated carbocycles. The van der Waals surface area contributed by atoms with Crippen LogP contribution >= 0.6 is 11.3 Å². The van der Waals surface area contributed by atoms with Crippen LogP contribution in [0.2, 0.25) is 0 Å². The number of carbonyl (C=O) groups is 1. The molecular formula is C21H21F3N4O4S. The van der Waals surface area contributed by atoms with Gasteiger partial charge in [0.25, 0.3) is 0 Å². The predicted molar refractivity (Wildman–Crippen MR) is 114 cm³/mol. The molecule has 1 fully saturated rings. The Hall–Kier alpha value is -3.12. The maximum atomic E-state index is 13.4. The SMILES string of the molecule is COc1ccc(-c2cc(C(F)(F)F)nn2CC(=O)Nc2ncc(C)s2)cc1OC1CCCO1. The van der Waals surface area contributed by atoms with Crippen LogP contribution in [-0.2, 0) is 22.3 Å². The van der Waals surface area contributed by atoms with Gasteiger partial charge in [-0.1, -0.05) is 0 Å². The third-order valence-electron chi connectivity index (χ3n) is 4.84. The Morgan fingerprint density at radius 2 is 2.15 bits per heavy atom. The molecule has 1 N–H and O–H groups in total. The lowest BCUT2D eigenvalue weighted by Crippen LogP contribution is -2.20. The van der Waals surface area contributed by atoms with Crippen LogP contribution in [0.3, 0.4) is 0 Å². The zero-order valence-electron chi connectivity index (χ0n) is 17.8. The number of ether oxygens (including phenoxy) is 3. The van der Waals surface area contributed by atoms with E-state index in [4.69, 9.17) is 14.2 Å². The zero-order chi connectivity index (χ0) is 23.6. The Morgan fingerprint density at radius 1 is 1.33 bits per heavy atom. The summed E-state index contributed by atoms with van der Waals surface area (Å²) in [6.45, 7) is 1.97. The molecule has 33 heavy (non-hydrogen) atoms. The molecule has 3 heterocycles. The molecule has 4 rings (SSSR count). The Bertz CT molecular complexity index is 1140. The van der Waals surface area contributed by atoms with Crippen molar-refractivity contribution >= 4 is 22.4 Å². The molecule has 2 aromatic heterocycles. The highest BCUT2D eigenvalue weighted by Gasteiger charge is 2.35. The molecular weight excluding hydrogens is 461 g/mol. The first-order chi connectivity index (χ1) is 15.7. The second kappa shape index (κ2) is 9.40. The van der Waals surface area contributed by atoms with E-state index >= 15 is 0 Å². The summed E-state index contributed by atoms with van der Waals surface area (Å²) in [6.07, 6.45) is -2.00. The summed E-state index contributed by atoms with van der Waals surface area (Å²) in [5.41, 5.74) is -0.620. The van der Waals surface area contributed by atoms with Crippen molar-refractivity contribution in [3.8, 4) is 22.8 Å². The number of halogens is 3. The van der Waals surface area contributed by atoms with E-state index in [1.807, 2.05) is 6.92 Å². The van der Waals surface area contributed by atoms with Crippen LogP contribution in [0.15, 0.2) is 30.5 Å². The summed E-state index contributed by atoms with van der Waals surface area (Å²) in [4.78, 5) is 17.4.